The molecule has 4 unspecified atom stereocenters. The number of fused-ring (bicyclic) bond motifs is 1. The summed E-state index contributed by atoms with van der Waals surface area (Å²) in [6.07, 6.45) is 4.48. The summed E-state index contributed by atoms with van der Waals surface area (Å²) in [6.45, 7) is -0.438. The third-order valence-corrected chi connectivity index (χ3v) is 6.12. The third kappa shape index (κ3) is 4.04. The number of aliphatic hydroxyl groups is 3. The number of hydrogen-bond donors (Lipinski definition) is 5. The van der Waals surface area contributed by atoms with Crippen molar-refractivity contribution < 1.29 is 24.9 Å². The summed E-state index contributed by atoms with van der Waals surface area (Å²) in [5.41, 5.74) is 6.74. The van der Waals surface area contributed by atoms with E-state index in [0.717, 1.165) is 25.7 Å². The third-order valence-electron chi connectivity index (χ3n) is 6.12. The topological polar surface area (TPSA) is 186 Å². The molecular formula is C20H26N8O5. The number of rotatable bonds is 7. The van der Waals surface area contributed by atoms with Gasteiger partial charge in [0.05, 0.1) is 25.6 Å². The molecule has 1 aliphatic heterocycles. The van der Waals surface area contributed by atoms with Crippen molar-refractivity contribution in [2.45, 2.75) is 62.7 Å². The van der Waals surface area contributed by atoms with Crippen LogP contribution in [0.15, 0.2) is 18.7 Å². The lowest BCUT2D eigenvalue weighted by molar-refractivity contribution is -0.117. The normalized spacial score (nSPS) is 25.8. The van der Waals surface area contributed by atoms with Crippen LogP contribution in [0.1, 0.15) is 37.5 Å². The summed E-state index contributed by atoms with van der Waals surface area (Å²) in [6, 6.07) is 0.248. The second-order valence-electron chi connectivity index (χ2n) is 8.49. The van der Waals surface area contributed by atoms with Crippen molar-refractivity contribution in [3.05, 3.63) is 24.3 Å². The molecule has 0 aromatic carbocycles. The smallest absolute Gasteiger partial charge is 0.254 e. The van der Waals surface area contributed by atoms with Crippen molar-refractivity contribution in [1.82, 2.24) is 29.3 Å². The van der Waals surface area contributed by atoms with Gasteiger partial charge in [0, 0.05) is 12.2 Å². The highest BCUT2D eigenvalue weighted by Crippen LogP contribution is 2.33. The second kappa shape index (κ2) is 8.67. The van der Waals surface area contributed by atoms with E-state index in [9.17, 15) is 20.1 Å². The summed E-state index contributed by atoms with van der Waals surface area (Å²) < 4.78 is 8.62. The Balaban J connectivity index is 1.58. The van der Waals surface area contributed by atoms with E-state index in [4.69, 9.17) is 10.5 Å². The van der Waals surface area contributed by atoms with E-state index >= 15 is 0 Å². The van der Waals surface area contributed by atoms with Crippen LogP contribution in [-0.4, -0.2) is 81.5 Å². The Morgan fingerprint density at radius 1 is 1.24 bits per heavy atom. The monoisotopic (exact) mass is 458 g/mol. The number of primary amides is 1. The van der Waals surface area contributed by atoms with Gasteiger partial charge in [-0.3, -0.25) is 9.36 Å². The molecule has 6 N–H and O–H groups in total. The first-order valence-corrected chi connectivity index (χ1v) is 10.9. The van der Waals surface area contributed by atoms with Crippen molar-refractivity contribution in [1.29, 1.82) is 0 Å². The van der Waals surface area contributed by atoms with Crippen LogP contribution in [-0.2, 0) is 16.0 Å². The molecule has 33 heavy (non-hydrogen) atoms. The minimum atomic E-state index is -1.28. The van der Waals surface area contributed by atoms with Gasteiger partial charge in [0.2, 0.25) is 5.91 Å². The van der Waals surface area contributed by atoms with Gasteiger partial charge in [-0.1, -0.05) is 12.8 Å². The molecule has 4 atom stereocenters. The number of nitrogens with one attached hydrogen (secondary N) is 1. The highest BCUT2D eigenvalue weighted by atomic mass is 16.6. The van der Waals surface area contributed by atoms with Gasteiger partial charge in [0.15, 0.2) is 23.2 Å². The molecule has 4 heterocycles. The van der Waals surface area contributed by atoms with Gasteiger partial charge < -0.3 is 31.1 Å². The minimum absolute atomic E-state index is 0.0376. The largest absolute Gasteiger partial charge is 0.394 e. The number of imidazole rings is 1. The standard InChI is InChI=1S/C20H26N8O5/c21-13(30)5-10-6-23-28(7-10)20-25-17(24-11-3-1-2-4-11)14-18(26-20)27(9-22-14)19-16(32)15(31)12(8-29)33-19/h6-7,9,11-12,15-16,19,29,31-32H,1-5,8H2,(H2,21,30)(H,24,25,26). The maximum absolute atomic E-state index is 11.3. The zero-order valence-corrected chi connectivity index (χ0v) is 17.8. The number of anilines is 1. The van der Waals surface area contributed by atoms with Crippen molar-refractivity contribution in [3.63, 3.8) is 0 Å². The molecule has 3 aromatic rings. The lowest BCUT2D eigenvalue weighted by Crippen LogP contribution is -2.33. The highest BCUT2D eigenvalue weighted by Gasteiger charge is 2.44. The fourth-order valence-electron chi connectivity index (χ4n) is 4.43. The van der Waals surface area contributed by atoms with E-state index in [1.165, 1.54) is 21.8 Å². The van der Waals surface area contributed by atoms with Crippen LogP contribution in [0.4, 0.5) is 5.82 Å². The summed E-state index contributed by atoms with van der Waals surface area (Å²) in [7, 11) is 0. The second-order valence-corrected chi connectivity index (χ2v) is 8.49. The SMILES string of the molecule is NC(=O)Cc1cnn(-c2nc(NC3CCCC3)c3ncn(C4OC(CO)C(O)C4O)c3n2)c1. The number of nitrogens with two attached hydrogens (primary N) is 1. The van der Waals surface area contributed by atoms with Crippen LogP contribution >= 0.6 is 0 Å². The molecule has 3 aromatic heterocycles. The lowest BCUT2D eigenvalue weighted by atomic mass is 10.1. The Hall–Kier alpha value is -3.13. The number of carbonyl (C=O) groups excluding carboxylic acids is 1. The highest BCUT2D eigenvalue weighted by molar-refractivity contribution is 5.84. The van der Waals surface area contributed by atoms with Crippen LogP contribution in [0.25, 0.3) is 17.1 Å². The number of nitrogens with zero attached hydrogens (tertiary/aromatic N) is 6. The van der Waals surface area contributed by atoms with E-state index in [2.05, 4.69) is 25.4 Å². The molecule has 1 amide bonds. The van der Waals surface area contributed by atoms with Gasteiger partial charge in [-0.2, -0.15) is 15.1 Å². The first kappa shape index (κ1) is 21.7. The van der Waals surface area contributed by atoms with Crippen molar-refractivity contribution in [3.8, 4) is 5.95 Å². The molecule has 176 valence electrons. The van der Waals surface area contributed by atoms with E-state index in [1.807, 2.05) is 0 Å². The van der Waals surface area contributed by atoms with E-state index in [1.54, 1.807) is 6.20 Å². The summed E-state index contributed by atoms with van der Waals surface area (Å²) in [5.74, 6) is 0.267. The van der Waals surface area contributed by atoms with Crippen LogP contribution in [0.2, 0.25) is 0 Å². The molecule has 1 saturated heterocycles. The van der Waals surface area contributed by atoms with Gasteiger partial charge in [0.1, 0.15) is 18.3 Å². The Kier molecular flexibility index (Phi) is 5.70. The zero-order chi connectivity index (χ0) is 23.1. The summed E-state index contributed by atoms with van der Waals surface area (Å²) in [4.78, 5) is 24.9. The number of ether oxygens (including phenoxy) is 1. The molecule has 2 aliphatic rings. The molecule has 1 aliphatic carbocycles. The van der Waals surface area contributed by atoms with Crippen molar-refractivity contribution >= 4 is 22.9 Å². The maximum atomic E-state index is 11.3. The predicted molar refractivity (Wildman–Crippen MR) is 114 cm³/mol. The average molecular weight is 458 g/mol. The summed E-state index contributed by atoms with van der Waals surface area (Å²) in [5, 5.41) is 37.8. The fraction of sp³-hybridized carbons (Fsp3) is 0.550. The molecule has 13 heteroatoms. The molecule has 5 rings (SSSR count). The Labute approximate surface area is 188 Å². The first-order valence-electron chi connectivity index (χ1n) is 10.9. The molecular weight excluding hydrogens is 432 g/mol. The van der Waals surface area contributed by atoms with E-state index in [0.29, 0.717) is 22.5 Å². The van der Waals surface area contributed by atoms with Gasteiger partial charge in [0.25, 0.3) is 5.95 Å². The Morgan fingerprint density at radius 2 is 2.03 bits per heavy atom. The first-order chi connectivity index (χ1) is 15.9. The van der Waals surface area contributed by atoms with E-state index in [-0.39, 0.29) is 18.4 Å². The van der Waals surface area contributed by atoms with Gasteiger partial charge >= 0.3 is 0 Å². The quantitative estimate of drug-likeness (QED) is 0.294. The number of hydrogen-bond acceptors (Lipinski definition) is 10. The van der Waals surface area contributed by atoms with Crippen molar-refractivity contribution in [2.24, 2.45) is 5.73 Å². The van der Waals surface area contributed by atoms with Crippen LogP contribution in [0.5, 0.6) is 0 Å². The molecule has 1 saturated carbocycles. The number of aromatic nitrogens is 6. The number of amides is 1. The van der Waals surface area contributed by atoms with Crippen LogP contribution in [0, 0.1) is 0 Å². The van der Waals surface area contributed by atoms with Gasteiger partial charge in [-0.15, -0.1) is 0 Å². The van der Waals surface area contributed by atoms with Crippen molar-refractivity contribution in [2.75, 3.05) is 11.9 Å². The van der Waals surface area contributed by atoms with Gasteiger partial charge in [-0.05, 0) is 18.4 Å². The average Bonchev–Trinajstić information content (AvgIpc) is 3.57. The van der Waals surface area contributed by atoms with Crippen LogP contribution in [0.3, 0.4) is 0 Å². The molecule has 0 bridgehead atoms. The predicted octanol–water partition coefficient (Wildman–Crippen LogP) is -0.994. The minimum Gasteiger partial charge on any atom is -0.394 e. The Morgan fingerprint density at radius 3 is 2.73 bits per heavy atom. The maximum Gasteiger partial charge on any atom is 0.254 e. The number of aliphatic hydroxyl groups excluding tert-OH is 3. The lowest BCUT2D eigenvalue weighted by Gasteiger charge is -2.18. The molecule has 0 spiro atoms. The summed E-state index contributed by atoms with van der Waals surface area (Å²) >= 11 is 0. The van der Waals surface area contributed by atoms with E-state index < -0.39 is 37.1 Å². The van der Waals surface area contributed by atoms with Gasteiger partial charge in [-0.25, -0.2) is 9.67 Å². The fourth-order valence-corrected chi connectivity index (χ4v) is 4.43. The molecule has 13 nitrogen and oxygen atoms in total. The molecule has 0 radical (unpaired) electrons. The van der Waals surface area contributed by atoms with Crippen LogP contribution < -0.4 is 11.1 Å². The number of carbonyl (C=O) groups is 1. The zero-order valence-electron chi connectivity index (χ0n) is 17.8. The molecule has 2 fully saturated rings. The Bertz CT molecular complexity index is 1160.